The SMILES string of the molecule is O=C(NC[C@@H]1CCCO1)c1cccc(S(=O)(=O)Nc2ccc3c(c2)OCO3)c1. The standard InChI is InChI=1S/C19H20N2O6S/c22-19(20-11-15-4-2-8-25-15)13-3-1-5-16(9-13)28(23,24)21-14-6-7-17-18(10-14)27-12-26-17/h1,3,5-7,9-10,15,21H,2,4,8,11-12H2,(H,20,22)/t15-/m0/s1. The Balaban J connectivity index is 1.47. The monoisotopic (exact) mass is 404 g/mol. The van der Waals surface area contributed by atoms with Gasteiger partial charge in [0.1, 0.15) is 0 Å². The van der Waals surface area contributed by atoms with Gasteiger partial charge in [0.2, 0.25) is 6.79 Å². The van der Waals surface area contributed by atoms with Crippen LogP contribution in [-0.2, 0) is 14.8 Å². The molecule has 2 aliphatic heterocycles. The number of benzene rings is 2. The maximum Gasteiger partial charge on any atom is 0.261 e. The van der Waals surface area contributed by atoms with E-state index in [-0.39, 0.29) is 29.3 Å². The lowest BCUT2D eigenvalue weighted by Gasteiger charge is -2.12. The summed E-state index contributed by atoms with van der Waals surface area (Å²) in [7, 11) is -3.87. The average molecular weight is 404 g/mol. The first kappa shape index (κ1) is 18.6. The minimum absolute atomic E-state index is 0.00469. The van der Waals surface area contributed by atoms with E-state index in [1.165, 1.54) is 18.2 Å². The molecule has 0 unspecified atom stereocenters. The summed E-state index contributed by atoms with van der Waals surface area (Å²) >= 11 is 0. The van der Waals surface area contributed by atoms with Crippen molar-refractivity contribution in [3.8, 4) is 11.5 Å². The van der Waals surface area contributed by atoms with Crippen molar-refractivity contribution >= 4 is 21.6 Å². The second-order valence-corrected chi connectivity index (χ2v) is 8.23. The lowest BCUT2D eigenvalue weighted by atomic mass is 10.2. The number of rotatable bonds is 6. The van der Waals surface area contributed by atoms with Crippen molar-refractivity contribution in [2.24, 2.45) is 0 Å². The van der Waals surface area contributed by atoms with Gasteiger partial charge in [0, 0.05) is 24.8 Å². The van der Waals surface area contributed by atoms with E-state index >= 15 is 0 Å². The Labute approximate surface area is 162 Å². The number of carbonyl (C=O) groups is 1. The maximum atomic E-state index is 12.7. The Kier molecular flexibility index (Phi) is 5.10. The highest BCUT2D eigenvalue weighted by atomic mass is 32.2. The zero-order chi connectivity index (χ0) is 19.6. The van der Waals surface area contributed by atoms with Gasteiger partial charge in [0.15, 0.2) is 11.5 Å². The molecule has 2 heterocycles. The van der Waals surface area contributed by atoms with Crippen LogP contribution in [0.3, 0.4) is 0 Å². The summed E-state index contributed by atoms with van der Waals surface area (Å²) in [6, 6.07) is 10.7. The average Bonchev–Trinajstić information content (AvgIpc) is 3.37. The Bertz CT molecular complexity index is 986. The molecule has 0 spiro atoms. The van der Waals surface area contributed by atoms with E-state index in [0.29, 0.717) is 30.3 Å². The van der Waals surface area contributed by atoms with E-state index in [1.807, 2.05) is 0 Å². The summed E-state index contributed by atoms with van der Waals surface area (Å²) in [5.41, 5.74) is 0.615. The largest absolute Gasteiger partial charge is 0.454 e. The fraction of sp³-hybridized carbons (Fsp3) is 0.316. The number of amides is 1. The normalized spacial score (nSPS) is 18.1. The molecule has 8 nitrogen and oxygen atoms in total. The number of nitrogens with one attached hydrogen (secondary N) is 2. The quantitative estimate of drug-likeness (QED) is 0.765. The van der Waals surface area contributed by atoms with Crippen molar-refractivity contribution in [2.75, 3.05) is 24.7 Å². The Morgan fingerprint density at radius 3 is 2.79 bits per heavy atom. The molecule has 1 amide bonds. The first-order valence-electron chi connectivity index (χ1n) is 8.94. The molecule has 1 fully saturated rings. The summed E-state index contributed by atoms with van der Waals surface area (Å²) in [6.45, 7) is 1.22. The van der Waals surface area contributed by atoms with Gasteiger partial charge in [-0.25, -0.2) is 8.42 Å². The topological polar surface area (TPSA) is 103 Å². The predicted molar refractivity (Wildman–Crippen MR) is 101 cm³/mol. The van der Waals surface area contributed by atoms with Crippen LogP contribution in [0.25, 0.3) is 0 Å². The van der Waals surface area contributed by atoms with Crippen molar-refractivity contribution < 1.29 is 27.4 Å². The van der Waals surface area contributed by atoms with Gasteiger partial charge in [0.25, 0.3) is 15.9 Å². The van der Waals surface area contributed by atoms with Crippen LogP contribution in [0.2, 0.25) is 0 Å². The highest BCUT2D eigenvalue weighted by Gasteiger charge is 2.20. The van der Waals surface area contributed by atoms with Gasteiger partial charge in [-0.3, -0.25) is 9.52 Å². The summed E-state index contributed by atoms with van der Waals surface area (Å²) in [4.78, 5) is 12.3. The van der Waals surface area contributed by atoms with Crippen LogP contribution in [0.5, 0.6) is 11.5 Å². The van der Waals surface area contributed by atoms with Gasteiger partial charge in [-0.15, -0.1) is 0 Å². The molecule has 2 aromatic rings. The van der Waals surface area contributed by atoms with E-state index in [4.69, 9.17) is 14.2 Å². The molecular formula is C19H20N2O6S. The maximum absolute atomic E-state index is 12.7. The van der Waals surface area contributed by atoms with Crippen LogP contribution < -0.4 is 19.5 Å². The minimum atomic E-state index is -3.87. The molecule has 28 heavy (non-hydrogen) atoms. The fourth-order valence-corrected chi connectivity index (χ4v) is 4.19. The second kappa shape index (κ2) is 7.69. The van der Waals surface area contributed by atoms with Gasteiger partial charge in [-0.05, 0) is 43.2 Å². The van der Waals surface area contributed by atoms with Crippen LogP contribution in [-0.4, -0.2) is 40.4 Å². The molecule has 2 aromatic carbocycles. The highest BCUT2D eigenvalue weighted by Crippen LogP contribution is 2.34. The second-order valence-electron chi connectivity index (χ2n) is 6.55. The number of anilines is 1. The van der Waals surface area contributed by atoms with Gasteiger partial charge in [-0.1, -0.05) is 6.07 Å². The number of sulfonamides is 1. The van der Waals surface area contributed by atoms with Gasteiger partial charge in [0.05, 0.1) is 16.7 Å². The summed E-state index contributed by atoms with van der Waals surface area (Å²) in [6.07, 6.45) is 1.91. The fourth-order valence-electron chi connectivity index (χ4n) is 3.09. The molecule has 9 heteroatoms. The first-order chi connectivity index (χ1) is 13.5. The van der Waals surface area contributed by atoms with E-state index in [1.54, 1.807) is 24.3 Å². The summed E-state index contributed by atoms with van der Waals surface area (Å²) in [5.74, 6) is 0.700. The number of hydrogen-bond acceptors (Lipinski definition) is 6. The smallest absolute Gasteiger partial charge is 0.261 e. The van der Waals surface area contributed by atoms with E-state index in [0.717, 1.165) is 12.8 Å². The zero-order valence-corrected chi connectivity index (χ0v) is 15.8. The van der Waals surface area contributed by atoms with Gasteiger partial charge < -0.3 is 19.5 Å². The molecule has 4 rings (SSSR count). The van der Waals surface area contributed by atoms with Crippen molar-refractivity contribution in [1.82, 2.24) is 5.32 Å². The third-order valence-electron chi connectivity index (χ3n) is 4.55. The third-order valence-corrected chi connectivity index (χ3v) is 5.92. The molecule has 0 saturated carbocycles. The van der Waals surface area contributed by atoms with E-state index < -0.39 is 10.0 Å². The predicted octanol–water partition coefficient (Wildman–Crippen LogP) is 2.12. The molecule has 148 valence electrons. The molecule has 1 saturated heterocycles. The molecule has 2 N–H and O–H groups in total. The van der Waals surface area contributed by atoms with Crippen LogP contribution in [0.4, 0.5) is 5.69 Å². The Hall–Kier alpha value is -2.78. The van der Waals surface area contributed by atoms with Gasteiger partial charge in [-0.2, -0.15) is 0 Å². The highest BCUT2D eigenvalue weighted by molar-refractivity contribution is 7.92. The van der Waals surface area contributed by atoms with Crippen molar-refractivity contribution in [2.45, 2.75) is 23.8 Å². The van der Waals surface area contributed by atoms with E-state index in [9.17, 15) is 13.2 Å². The summed E-state index contributed by atoms with van der Waals surface area (Å²) < 4.78 is 43.9. The molecule has 2 aliphatic rings. The lowest BCUT2D eigenvalue weighted by molar-refractivity contribution is 0.0857. The number of fused-ring (bicyclic) bond motifs is 1. The minimum Gasteiger partial charge on any atom is -0.454 e. The number of carbonyl (C=O) groups excluding carboxylic acids is 1. The number of ether oxygens (including phenoxy) is 3. The number of hydrogen-bond donors (Lipinski definition) is 2. The van der Waals surface area contributed by atoms with E-state index in [2.05, 4.69) is 10.0 Å². The third kappa shape index (κ3) is 4.05. The lowest BCUT2D eigenvalue weighted by Crippen LogP contribution is -2.31. The first-order valence-corrected chi connectivity index (χ1v) is 10.4. The van der Waals surface area contributed by atoms with Crippen LogP contribution in [0, 0.1) is 0 Å². The molecule has 0 radical (unpaired) electrons. The van der Waals surface area contributed by atoms with Crippen molar-refractivity contribution in [1.29, 1.82) is 0 Å². The molecule has 1 atom stereocenters. The van der Waals surface area contributed by atoms with Crippen LogP contribution >= 0.6 is 0 Å². The Morgan fingerprint density at radius 1 is 1.11 bits per heavy atom. The molecular weight excluding hydrogens is 384 g/mol. The van der Waals surface area contributed by atoms with Crippen molar-refractivity contribution in [3.05, 3.63) is 48.0 Å². The van der Waals surface area contributed by atoms with Crippen LogP contribution in [0.1, 0.15) is 23.2 Å². The molecule has 0 aliphatic carbocycles. The zero-order valence-electron chi connectivity index (χ0n) is 15.0. The molecule has 0 bridgehead atoms. The van der Waals surface area contributed by atoms with Crippen LogP contribution in [0.15, 0.2) is 47.4 Å². The Morgan fingerprint density at radius 2 is 1.96 bits per heavy atom. The van der Waals surface area contributed by atoms with Gasteiger partial charge >= 0.3 is 0 Å². The summed E-state index contributed by atoms with van der Waals surface area (Å²) in [5, 5.41) is 2.79. The molecule has 0 aromatic heterocycles. The van der Waals surface area contributed by atoms with Crippen molar-refractivity contribution in [3.63, 3.8) is 0 Å².